The van der Waals surface area contributed by atoms with Gasteiger partial charge in [-0.1, -0.05) is 30.1 Å². The predicted octanol–water partition coefficient (Wildman–Crippen LogP) is 5.61. The second-order valence-electron chi connectivity index (χ2n) is 3.69. The zero-order valence-electron chi connectivity index (χ0n) is 9.85. The molecule has 2 rings (SSSR count). The summed E-state index contributed by atoms with van der Waals surface area (Å²) in [5, 5.41) is 4.05. The Morgan fingerprint density at radius 3 is 2.58 bits per heavy atom. The summed E-state index contributed by atoms with van der Waals surface area (Å²) in [6.45, 7) is 2.00. The molecule has 1 aromatic carbocycles. The van der Waals surface area contributed by atoms with Gasteiger partial charge in [-0.15, -0.1) is 0 Å². The SMILES string of the molecule is CCc1nc(Br)cc(Nc2ccc(Br)c(Cl)c2Cl)n1. The Morgan fingerprint density at radius 2 is 1.89 bits per heavy atom. The van der Waals surface area contributed by atoms with Crippen molar-refractivity contribution in [1.29, 1.82) is 0 Å². The van der Waals surface area contributed by atoms with Gasteiger partial charge in [0.2, 0.25) is 0 Å². The molecule has 0 bridgehead atoms. The van der Waals surface area contributed by atoms with Crippen molar-refractivity contribution in [1.82, 2.24) is 9.97 Å². The summed E-state index contributed by atoms with van der Waals surface area (Å²) in [5.74, 6) is 1.41. The smallest absolute Gasteiger partial charge is 0.135 e. The van der Waals surface area contributed by atoms with Crippen LogP contribution in [0.1, 0.15) is 12.7 Å². The number of hydrogen-bond acceptors (Lipinski definition) is 3. The van der Waals surface area contributed by atoms with E-state index < -0.39 is 0 Å². The molecule has 0 aliphatic carbocycles. The maximum absolute atomic E-state index is 6.18. The fourth-order valence-corrected chi connectivity index (χ4v) is 2.69. The highest BCUT2D eigenvalue weighted by Gasteiger charge is 2.10. The van der Waals surface area contributed by atoms with Gasteiger partial charge in [-0.05, 0) is 44.0 Å². The Kier molecular flexibility index (Phi) is 5.06. The number of nitrogens with one attached hydrogen (secondary N) is 1. The van der Waals surface area contributed by atoms with Gasteiger partial charge >= 0.3 is 0 Å². The number of anilines is 2. The second kappa shape index (κ2) is 6.39. The van der Waals surface area contributed by atoms with Gasteiger partial charge in [0, 0.05) is 17.0 Å². The summed E-state index contributed by atoms with van der Waals surface area (Å²) < 4.78 is 1.48. The van der Waals surface area contributed by atoms with E-state index in [9.17, 15) is 0 Å². The highest BCUT2D eigenvalue weighted by Crippen LogP contribution is 2.37. The summed E-state index contributed by atoms with van der Waals surface area (Å²) in [5.41, 5.74) is 0.697. The molecule has 0 radical (unpaired) electrons. The van der Waals surface area contributed by atoms with Crippen molar-refractivity contribution in [3.63, 3.8) is 0 Å². The van der Waals surface area contributed by atoms with Gasteiger partial charge in [-0.25, -0.2) is 9.97 Å². The summed E-state index contributed by atoms with van der Waals surface area (Å²) in [6, 6.07) is 5.44. The van der Waals surface area contributed by atoms with Crippen LogP contribution >= 0.6 is 55.1 Å². The van der Waals surface area contributed by atoms with Gasteiger partial charge in [0.05, 0.1) is 15.7 Å². The average molecular weight is 426 g/mol. The van der Waals surface area contributed by atoms with Crippen LogP contribution < -0.4 is 5.32 Å². The molecule has 0 spiro atoms. The molecule has 0 atom stereocenters. The number of aryl methyl sites for hydroxylation is 1. The summed E-state index contributed by atoms with van der Waals surface area (Å²) in [6.07, 6.45) is 0.753. The van der Waals surface area contributed by atoms with E-state index in [1.54, 1.807) is 6.07 Å². The van der Waals surface area contributed by atoms with E-state index in [-0.39, 0.29) is 0 Å². The van der Waals surface area contributed by atoms with E-state index in [0.29, 0.717) is 21.6 Å². The lowest BCUT2D eigenvalue weighted by Crippen LogP contribution is -2.00. The average Bonchev–Trinajstić information content (AvgIpc) is 2.39. The maximum atomic E-state index is 6.18. The lowest BCUT2D eigenvalue weighted by atomic mass is 10.3. The molecule has 2 aromatic rings. The fourth-order valence-electron chi connectivity index (χ4n) is 1.45. The van der Waals surface area contributed by atoms with E-state index in [2.05, 4.69) is 47.1 Å². The van der Waals surface area contributed by atoms with Crippen molar-refractivity contribution in [2.75, 3.05) is 5.32 Å². The topological polar surface area (TPSA) is 37.8 Å². The lowest BCUT2D eigenvalue weighted by molar-refractivity contribution is 0.931. The molecule has 0 unspecified atom stereocenters. The van der Waals surface area contributed by atoms with Gasteiger partial charge in [0.15, 0.2) is 0 Å². The fraction of sp³-hybridized carbons (Fsp3) is 0.167. The summed E-state index contributed by atoms with van der Waals surface area (Å²) >= 11 is 18.9. The van der Waals surface area contributed by atoms with Gasteiger partial charge in [0.1, 0.15) is 16.2 Å². The molecule has 0 aliphatic rings. The molecule has 0 aliphatic heterocycles. The summed E-state index contributed by atoms with van der Waals surface area (Å²) in [4.78, 5) is 8.62. The minimum Gasteiger partial charge on any atom is -0.339 e. The maximum Gasteiger partial charge on any atom is 0.135 e. The Labute approximate surface area is 138 Å². The largest absolute Gasteiger partial charge is 0.339 e. The van der Waals surface area contributed by atoms with E-state index in [1.807, 2.05) is 19.1 Å². The van der Waals surface area contributed by atoms with Crippen molar-refractivity contribution < 1.29 is 0 Å². The first-order valence-corrected chi connectivity index (χ1v) is 7.79. The van der Waals surface area contributed by atoms with Gasteiger partial charge in [-0.2, -0.15) is 0 Å². The van der Waals surface area contributed by atoms with Crippen LogP contribution in [0.3, 0.4) is 0 Å². The van der Waals surface area contributed by atoms with Crippen LogP contribution in [0.2, 0.25) is 10.0 Å². The van der Waals surface area contributed by atoms with Gasteiger partial charge in [-0.3, -0.25) is 0 Å². The lowest BCUT2D eigenvalue weighted by Gasteiger charge is -2.10. The van der Waals surface area contributed by atoms with E-state index in [1.165, 1.54) is 0 Å². The summed E-state index contributed by atoms with van der Waals surface area (Å²) in [7, 11) is 0. The third-order valence-electron chi connectivity index (χ3n) is 2.36. The highest BCUT2D eigenvalue weighted by atomic mass is 79.9. The van der Waals surface area contributed by atoms with Crippen LogP contribution in [-0.4, -0.2) is 9.97 Å². The highest BCUT2D eigenvalue weighted by molar-refractivity contribution is 9.10. The van der Waals surface area contributed by atoms with Crippen molar-refractivity contribution in [3.8, 4) is 0 Å². The zero-order valence-corrected chi connectivity index (χ0v) is 14.5. The molecule has 7 heteroatoms. The number of halogens is 4. The molecule has 0 amide bonds. The molecule has 19 heavy (non-hydrogen) atoms. The number of rotatable bonds is 3. The third kappa shape index (κ3) is 3.60. The third-order valence-corrected chi connectivity index (χ3v) is 4.53. The van der Waals surface area contributed by atoms with Crippen LogP contribution in [0.4, 0.5) is 11.5 Å². The molecular weight excluding hydrogens is 417 g/mol. The van der Waals surface area contributed by atoms with E-state index in [4.69, 9.17) is 23.2 Å². The monoisotopic (exact) mass is 423 g/mol. The van der Waals surface area contributed by atoms with Gasteiger partial charge in [0.25, 0.3) is 0 Å². The van der Waals surface area contributed by atoms with Gasteiger partial charge < -0.3 is 5.32 Å². The first-order valence-electron chi connectivity index (χ1n) is 5.45. The molecule has 0 fully saturated rings. The van der Waals surface area contributed by atoms with Crippen LogP contribution in [-0.2, 0) is 6.42 Å². The molecule has 0 saturated heterocycles. The Bertz CT molecular complexity index is 620. The molecule has 3 nitrogen and oxygen atoms in total. The van der Waals surface area contributed by atoms with Crippen LogP contribution in [0.15, 0.2) is 27.3 Å². The standard InChI is InChI=1S/C12H9Br2Cl2N3/c1-2-9-18-8(14)5-10(19-9)17-7-4-3-6(13)11(15)12(7)16/h3-5H,2H2,1H3,(H,17,18,19). The number of aromatic nitrogens is 2. The van der Waals surface area contributed by atoms with Crippen LogP contribution in [0.5, 0.6) is 0 Å². The predicted molar refractivity (Wildman–Crippen MR) is 86.6 cm³/mol. The Balaban J connectivity index is 2.36. The quantitative estimate of drug-likeness (QED) is 0.512. The van der Waals surface area contributed by atoms with Crippen molar-refractivity contribution >= 4 is 66.6 Å². The molecule has 1 N–H and O–H groups in total. The van der Waals surface area contributed by atoms with Crippen LogP contribution in [0.25, 0.3) is 0 Å². The van der Waals surface area contributed by atoms with Crippen molar-refractivity contribution in [2.45, 2.75) is 13.3 Å². The first kappa shape index (κ1) is 15.0. The molecule has 1 heterocycles. The molecule has 1 aromatic heterocycles. The minimum atomic E-state index is 0.448. The van der Waals surface area contributed by atoms with E-state index in [0.717, 1.165) is 21.3 Å². The number of hydrogen-bond donors (Lipinski definition) is 1. The first-order chi connectivity index (χ1) is 9.01. The second-order valence-corrected chi connectivity index (χ2v) is 6.12. The van der Waals surface area contributed by atoms with Crippen molar-refractivity contribution in [3.05, 3.63) is 43.1 Å². The van der Waals surface area contributed by atoms with Crippen LogP contribution in [0, 0.1) is 0 Å². The Morgan fingerprint density at radius 1 is 1.16 bits per heavy atom. The number of benzene rings is 1. The Hall–Kier alpha value is -0.360. The van der Waals surface area contributed by atoms with E-state index >= 15 is 0 Å². The zero-order chi connectivity index (χ0) is 14.0. The molecule has 0 saturated carbocycles. The number of nitrogens with zero attached hydrogens (tertiary/aromatic N) is 2. The molecular formula is C12H9Br2Cl2N3. The normalized spacial score (nSPS) is 10.6. The minimum absolute atomic E-state index is 0.448. The molecule has 100 valence electrons. The van der Waals surface area contributed by atoms with Crippen molar-refractivity contribution in [2.24, 2.45) is 0 Å².